The van der Waals surface area contributed by atoms with E-state index < -0.39 is 15.4 Å². The number of likely N-dealkylation sites (tertiary alicyclic amines) is 1. The Morgan fingerprint density at radius 2 is 1.74 bits per heavy atom. The lowest BCUT2D eigenvalue weighted by Gasteiger charge is -2.35. The number of ether oxygens (including phenoxy) is 1. The normalized spacial score (nSPS) is 21.0. The van der Waals surface area contributed by atoms with Gasteiger partial charge in [-0.15, -0.1) is 0 Å². The van der Waals surface area contributed by atoms with Crippen molar-refractivity contribution in [3.8, 4) is 0 Å². The van der Waals surface area contributed by atoms with Crippen LogP contribution in [-0.2, 0) is 30.9 Å². The minimum absolute atomic E-state index is 0.0714. The Kier molecular flexibility index (Phi) is 7.39. The van der Waals surface area contributed by atoms with Crippen molar-refractivity contribution in [1.29, 1.82) is 0 Å². The zero-order valence-corrected chi connectivity index (χ0v) is 19.4. The number of nitrogens with one attached hydrogen (secondary N) is 1. The third-order valence-electron chi connectivity index (χ3n) is 5.72. The predicted molar refractivity (Wildman–Crippen MR) is 117 cm³/mol. The van der Waals surface area contributed by atoms with E-state index in [-0.39, 0.29) is 22.6 Å². The van der Waals surface area contributed by atoms with Gasteiger partial charge in [0.2, 0.25) is 21.8 Å². The van der Waals surface area contributed by atoms with Crippen LogP contribution in [0.15, 0.2) is 29.2 Å². The van der Waals surface area contributed by atoms with Gasteiger partial charge in [-0.05, 0) is 30.5 Å². The molecule has 1 unspecified atom stereocenters. The van der Waals surface area contributed by atoms with Gasteiger partial charge in [0.15, 0.2) is 0 Å². The van der Waals surface area contributed by atoms with Crippen molar-refractivity contribution in [1.82, 2.24) is 14.5 Å². The van der Waals surface area contributed by atoms with Crippen molar-refractivity contribution in [3.05, 3.63) is 29.8 Å². The van der Waals surface area contributed by atoms with Crippen LogP contribution in [0.1, 0.15) is 39.2 Å². The zero-order valence-electron chi connectivity index (χ0n) is 18.6. The van der Waals surface area contributed by atoms with Crippen LogP contribution in [0.5, 0.6) is 0 Å². The standard InChI is InChI=1S/C22H33N3O5S/c1-22(2,3)21(27)24-10-4-5-18(16-24)20(26)23-15-17-6-8-19(9-7-17)31(28,29)25-11-13-30-14-12-25/h6-9,18H,4-5,10-16H2,1-3H3,(H,23,26). The highest BCUT2D eigenvalue weighted by molar-refractivity contribution is 7.89. The number of morpholine rings is 1. The van der Waals surface area contributed by atoms with Crippen LogP contribution in [0, 0.1) is 11.3 Å². The van der Waals surface area contributed by atoms with E-state index in [2.05, 4.69) is 5.32 Å². The summed E-state index contributed by atoms with van der Waals surface area (Å²) in [5.74, 6) is -0.223. The molecule has 0 saturated carbocycles. The lowest BCUT2D eigenvalue weighted by atomic mass is 9.91. The van der Waals surface area contributed by atoms with Crippen LogP contribution >= 0.6 is 0 Å². The van der Waals surface area contributed by atoms with Crippen molar-refractivity contribution in [3.63, 3.8) is 0 Å². The number of carbonyl (C=O) groups is 2. The first-order valence-corrected chi connectivity index (χ1v) is 12.3. The van der Waals surface area contributed by atoms with Crippen molar-refractivity contribution in [2.45, 2.75) is 45.1 Å². The number of amides is 2. The molecule has 0 bridgehead atoms. The average Bonchev–Trinajstić information content (AvgIpc) is 2.77. The Morgan fingerprint density at radius 1 is 1.10 bits per heavy atom. The predicted octanol–water partition coefficient (Wildman–Crippen LogP) is 1.61. The molecule has 1 atom stereocenters. The quantitative estimate of drug-likeness (QED) is 0.734. The fourth-order valence-corrected chi connectivity index (χ4v) is 5.31. The molecular formula is C22H33N3O5S. The summed E-state index contributed by atoms with van der Waals surface area (Å²) in [6.07, 6.45) is 1.57. The first-order chi connectivity index (χ1) is 14.6. The summed E-state index contributed by atoms with van der Waals surface area (Å²) in [5.41, 5.74) is 0.370. The summed E-state index contributed by atoms with van der Waals surface area (Å²) in [7, 11) is -3.53. The Bertz CT molecular complexity index is 887. The van der Waals surface area contributed by atoms with Crippen molar-refractivity contribution < 1.29 is 22.7 Å². The van der Waals surface area contributed by atoms with E-state index in [0.29, 0.717) is 45.9 Å². The molecule has 2 aliphatic heterocycles. The van der Waals surface area contributed by atoms with Crippen molar-refractivity contribution >= 4 is 21.8 Å². The Hall–Kier alpha value is -1.97. The van der Waals surface area contributed by atoms with E-state index in [9.17, 15) is 18.0 Å². The highest BCUT2D eigenvalue weighted by Gasteiger charge is 2.33. The molecule has 3 rings (SSSR count). The first-order valence-electron chi connectivity index (χ1n) is 10.8. The number of benzene rings is 1. The lowest BCUT2D eigenvalue weighted by Crippen LogP contribution is -2.48. The topological polar surface area (TPSA) is 96.0 Å². The molecule has 1 aromatic carbocycles. The van der Waals surface area contributed by atoms with Crippen LogP contribution in [0.3, 0.4) is 0 Å². The van der Waals surface area contributed by atoms with Crippen LogP contribution < -0.4 is 5.32 Å². The van der Waals surface area contributed by atoms with Gasteiger partial charge >= 0.3 is 0 Å². The largest absolute Gasteiger partial charge is 0.379 e. The van der Waals surface area contributed by atoms with Gasteiger partial charge in [-0.1, -0.05) is 32.9 Å². The highest BCUT2D eigenvalue weighted by Crippen LogP contribution is 2.24. The fraction of sp³-hybridized carbons (Fsp3) is 0.636. The van der Waals surface area contributed by atoms with E-state index in [4.69, 9.17) is 4.74 Å². The Morgan fingerprint density at radius 3 is 2.35 bits per heavy atom. The van der Waals surface area contributed by atoms with Gasteiger partial charge in [0.25, 0.3) is 0 Å². The minimum atomic E-state index is -3.53. The van der Waals surface area contributed by atoms with E-state index >= 15 is 0 Å². The van der Waals surface area contributed by atoms with Gasteiger partial charge in [-0.2, -0.15) is 4.31 Å². The zero-order chi connectivity index (χ0) is 22.6. The second-order valence-electron chi connectivity index (χ2n) is 9.22. The second kappa shape index (κ2) is 9.67. The molecule has 0 aliphatic carbocycles. The SMILES string of the molecule is CC(C)(C)C(=O)N1CCCC(C(=O)NCc2ccc(S(=O)(=O)N3CCOCC3)cc2)C1. The van der Waals surface area contributed by atoms with Gasteiger partial charge in [0, 0.05) is 38.1 Å². The van der Waals surface area contributed by atoms with Gasteiger partial charge in [-0.3, -0.25) is 9.59 Å². The maximum Gasteiger partial charge on any atom is 0.243 e. The van der Waals surface area contributed by atoms with Gasteiger partial charge < -0.3 is 15.0 Å². The summed E-state index contributed by atoms with van der Waals surface area (Å²) in [5, 5.41) is 2.94. The molecule has 2 amide bonds. The molecule has 172 valence electrons. The van der Waals surface area contributed by atoms with Crippen molar-refractivity contribution in [2.24, 2.45) is 11.3 Å². The molecule has 9 heteroatoms. The number of sulfonamides is 1. The number of hydrogen-bond donors (Lipinski definition) is 1. The van der Waals surface area contributed by atoms with Crippen molar-refractivity contribution in [2.75, 3.05) is 39.4 Å². The summed E-state index contributed by atoms with van der Waals surface area (Å²) >= 11 is 0. The molecule has 1 N–H and O–H groups in total. The summed E-state index contributed by atoms with van der Waals surface area (Å²) in [4.78, 5) is 27.2. The number of nitrogens with zero attached hydrogens (tertiary/aromatic N) is 2. The Labute approximate surface area is 185 Å². The van der Waals surface area contributed by atoms with Gasteiger partial charge in [0.05, 0.1) is 24.0 Å². The molecule has 0 aromatic heterocycles. The van der Waals surface area contributed by atoms with E-state index in [0.717, 1.165) is 18.4 Å². The minimum Gasteiger partial charge on any atom is -0.379 e. The number of rotatable bonds is 5. The molecule has 2 aliphatic rings. The summed E-state index contributed by atoms with van der Waals surface area (Å²) < 4.78 is 32.0. The molecule has 2 heterocycles. The molecule has 2 saturated heterocycles. The van der Waals surface area contributed by atoms with Gasteiger partial charge in [-0.25, -0.2) is 8.42 Å². The number of carbonyl (C=O) groups excluding carboxylic acids is 2. The molecule has 8 nitrogen and oxygen atoms in total. The van der Waals surface area contributed by atoms with E-state index in [1.165, 1.54) is 4.31 Å². The molecular weight excluding hydrogens is 418 g/mol. The first kappa shape index (κ1) is 23.7. The summed E-state index contributed by atoms with van der Waals surface area (Å²) in [6, 6.07) is 6.61. The maximum absolute atomic E-state index is 12.7. The highest BCUT2D eigenvalue weighted by atomic mass is 32.2. The second-order valence-corrected chi connectivity index (χ2v) is 11.2. The van der Waals surface area contributed by atoms with Crippen LogP contribution in [0.2, 0.25) is 0 Å². The number of hydrogen-bond acceptors (Lipinski definition) is 5. The molecule has 1 aromatic rings. The van der Waals surface area contributed by atoms with Crippen LogP contribution in [0.25, 0.3) is 0 Å². The molecule has 0 spiro atoms. The molecule has 0 radical (unpaired) electrons. The lowest BCUT2D eigenvalue weighted by molar-refractivity contribution is -0.142. The average molecular weight is 452 g/mol. The Balaban J connectivity index is 1.55. The van der Waals surface area contributed by atoms with Crippen LogP contribution in [-0.4, -0.2) is 68.8 Å². The number of piperidine rings is 1. The van der Waals surface area contributed by atoms with E-state index in [1.54, 1.807) is 29.2 Å². The molecule has 2 fully saturated rings. The third-order valence-corrected chi connectivity index (χ3v) is 7.63. The van der Waals surface area contributed by atoms with Gasteiger partial charge in [0.1, 0.15) is 0 Å². The summed E-state index contributed by atoms with van der Waals surface area (Å²) in [6.45, 7) is 8.66. The van der Waals surface area contributed by atoms with E-state index in [1.807, 2.05) is 20.8 Å². The van der Waals surface area contributed by atoms with Crippen LogP contribution in [0.4, 0.5) is 0 Å². The monoisotopic (exact) mass is 451 g/mol. The molecule has 31 heavy (non-hydrogen) atoms. The fourth-order valence-electron chi connectivity index (χ4n) is 3.90. The maximum atomic E-state index is 12.7. The third kappa shape index (κ3) is 5.84. The smallest absolute Gasteiger partial charge is 0.243 e.